The molecule has 0 amide bonds. The molecular formula is C22H26N2S. The average Bonchev–Trinajstić information content (AvgIpc) is 2.99. The Kier molecular flexibility index (Phi) is 2.47. The maximum atomic E-state index is 4.91. The van der Waals surface area contributed by atoms with Crippen LogP contribution in [-0.4, -0.2) is 28.2 Å². The van der Waals surface area contributed by atoms with Crippen LogP contribution in [0.4, 0.5) is 0 Å². The van der Waals surface area contributed by atoms with Gasteiger partial charge in [-0.2, -0.15) is 0 Å². The summed E-state index contributed by atoms with van der Waals surface area (Å²) in [5.41, 5.74) is 5.21. The molecule has 0 saturated carbocycles. The van der Waals surface area contributed by atoms with Crippen LogP contribution in [0.3, 0.4) is 0 Å². The van der Waals surface area contributed by atoms with Crippen molar-refractivity contribution in [2.24, 2.45) is 0 Å². The summed E-state index contributed by atoms with van der Waals surface area (Å²) >= 11 is 0. The third kappa shape index (κ3) is 1.48. The maximum absolute atomic E-state index is 4.91. The van der Waals surface area contributed by atoms with Gasteiger partial charge in [-0.1, -0.05) is 30.3 Å². The zero-order valence-electron chi connectivity index (χ0n) is 15.9. The lowest BCUT2D eigenvalue weighted by Gasteiger charge is -2.65. The van der Waals surface area contributed by atoms with Crippen molar-refractivity contribution < 1.29 is 0 Å². The third-order valence-electron chi connectivity index (χ3n) is 7.21. The summed E-state index contributed by atoms with van der Waals surface area (Å²) in [6, 6.07) is 13.5. The average molecular weight is 351 g/mol. The van der Waals surface area contributed by atoms with Gasteiger partial charge in [0.15, 0.2) is 0 Å². The number of nitrogens with zero attached hydrogens (tertiary/aromatic N) is 2. The van der Waals surface area contributed by atoms with Gasteiger partial charge in [-0.25, -0.2) is 4.98 Å². The number of hydrogen-bond acceptors (Lipinski definition) is 1. The van der Waals surface area contributed by atoms with Gasteiger partial charge < -0.3 is 0 Å². The van der Waals surface area contributed by atoms with Crippen LogP contribution in [0, 0.1) is 6.92 Å². The van der Waals surface area contributed by atoms with Gasteiger partial charge in [0.1, 0.15) is 5.65 Å². The van der Waals surface area contributed by atoms with E-state index in [0.717, 1.165) is 5.65 Å². The molecule has 0 bridgehead atoms. The second kappa shape index (κ2) is 4.04. The van der Waals surface area contributed by atoms with E-state index in [1.807, 2.05) is 0 Å². The van der Waals surface area contributed by atoms with Crippen LogP contribution in [0.25, 0.3) is 27.3 Å². The van der Waals surface area contributed by atoms with Gasteiger partial charge in [0, 0.05) is 20.4 Å². The standard InChI is InChI=1S/C22H26N2S/c1-14-11-12-17-20-19(14)15-9-7-8-10-16(15)21-23-13-18(24(20)21)22(2,3)25(17,4,5)6/h7-13,25H,1-6H3. The molecule has 2 aromatic heterocycles. The van der Waals surface area contributed by atoms with Gasteiger partial charge >= 0.3 is 0 Å². The molecule has 3 heterocycles. The molecule has 0 atom stereocenters. The van der Waals surface area contributed by atoms with E-state index >= 15 is 0 Å². The molecule has 0 saturated heterocycles. The van der Waals surface area contributed by atoms with Gasteiger partial charge in [-0.3, -0.25) is 13.6 Å². The molecule has 0 aliphatic carbocycles. The fraction of sp³-hybridized carbons (Fsp3) is 0.318. The van der Waals surface area contributed by atoms with E-state index in [1.165, 1.54) is 37.8 Å². The van der Waals surface area contributed by atoms with E-state index < -0.39 is 9.16 Å². The Balaban J connectivity index is 2.26. The first-order valence-electron chi connectivity index (χ1n) is 8.97. The quantitative estimate of drug-likeness (QED) is 0.326. The minimum absolute atomic E-state index is 0.0860. The number of pyridine rings is 1. The molecule has 130 valence electrons. The Hall–Kier alpha value is -2.00. The summed E-state index contributed by atoms with van der Waals surface area (Å²) in [4.78, 5) is 6.45. The minimum atomic E-state index is -2.17. The van der Waals surface area contributed by atoms with Crippen molar-refractivity contribution in [1.82, 2.24) is 9.38 Å². The first-order chi connectivity index (χ1) is 11.6. The van der Waals surface area contributed by atoms with Gasteiger partial charge in [0.25, 0.3) is 0 Å². The van der Waals surface area contributed by atoms with Crippen molar-refractivity contribution in [3.8, 4) is 0 Å². The Morgan fingerprint density at radius 3 is 2.36 bits per heavy atom. The molecule has 1 aliphatic rings. The number of hydrogen-bond donors (Lipinski definition) is 1. The SMILES string of the molecule is Cc1ccc2c3c1c1ccccc1c1ncc(n13)C(C)(C)[SH]2(C)(C)C. The second-order valence-corrected chi connectivity index (χ2v) is 16.5. The third-order valence-corrected chi connectivity index (χ3v) is 13.4. The highest BCUT2D eigenvalue weighted by Crippen LogP contribution is 2.81. The van der Waals surface area contributed by atoms with Gasteiger partial charge in [-0.15, -0.1) is 0 Å². The molecule has 2 aromatic carbocycles. The Bertz CT molecular complexity index is 1220. The summed E-state index contributed by atoms with van der Waals surface area (Å²) in [5.74, 6) is 0. The van der Waals surface area contributed by atoms with E-state index in [2.05, 4.69) is 86.5 Å². The van der Waals surface area contributed by atoms with E-state index in [4.69, 9.17) is 4.98 Å². The van der Waals surface area contributed by atoms with E-state index in [9.17, 15) is 0 Å². The molecule has 3 heteroatoms. The van der Waals surface area contributed by atoms with Crippen molar-refractivity contribution in [3.63, 3.8) is 0 Å². The van der Waals surface area contributed by atoms with Crippen LogP contribution < -0.4 is 0 Å². The van der Waals surface area contributed by atoms with Crippen molar-refractivity contribution in [2.75, 3.05) is 18.8 Å². The molecule has 4 aromatic rings. The van der Waals surface area contributed by atoms with E-state index in [1.54, 1.807) is 0 Å². The predicted molar refractivity (Wildman–Crippen MR) is 113 cm³/mol. The number of aryl methyl sites for hydroxylation is 1. The molecule has 0 N–H and O–H groups in total. The first-order valence-corrected chi connectivity index (χ1v) is 12.5. The lowest BCUT2D eigenvalue weighted by atomic mass is 10.0. The Morgan fingerprint density at radius 1 is 0.960 bits per heavy atom. The molecule has 0 spiro atoms. The monoisotopic (exact) mass is 350 g/mol. The van der Waals surface area contributed by atoms with Gasteiger partial charge in [0.05, 0.1) is 17.4 Å². The number of rotatable bonds is 0. The summed E-state index contributed by atoms with van der Waals surface area (Å²) in [6.07, 6.45) is 9.69. The largest absolute Gasteiger partial charge is 0.294 e. The topological polar surface area (TPSA) is 17.3 Å². The number of fused-ring (bicyclic) bond motifs is 3. The van der Waals surface area contributed by atoms with Crippen LogP contribution in [0.1, 0.15) is 25.1 Å². The normalized spacial score (nSPS) is 21.6. The van der Waals surface area contributed by atoms with Crippen LogP contribution in [-0.2, 0) is 4.75 Å². The zero-order valence-corrected chi connectivity index (χ0v) is 16.8. The number of aromatic nitrogens is 2. The van der Waals surface area contributed by atoms with E-state index in [-0.39, 0.29) is 4.75 Å². The van der Waals surface area contributed by atoms with Crippen LogP contribution >= 0.6 is 9.16 Å². The molecule has 1 aliphatic heterocycles. The molecule has 25 heavy (non-hydrogen) atoms. The molecule has 5 rings (SSSR count). The van der Waals surface area contributed by atoms with Crippen molar-refractivity contribution >= 4 is 36.5 Å². The molecule has 2 nitrogen and oxygen atoms in total. The smallest absolute Gasteiger partial charge is 0.145 e. The Morgan fingerprint density at radius 2 is 1.64 bits per heavy atom. The molecular weight excluding hydrogens is 324 g/mol. The second-order valence-electron chi connectivity index (χ2n) is 9.33. The molecule has 0 fully saturated rings. The highest BCUT2D eigenvalue weighted by atomic mass is 32.3. The fourth-order valence-electron chi connectivity index (χ4n) is 4.68. The van der Waals surface area contributed by atoms with Gasteiger partial charge in [0.2, 0.25) is 0 Å². The highest BCUT2D eigenvalue weighted by molar-refractivity contribution is 8.48. The number of imidazole rings is 1. The van der Waals surface area contributed by atoms with Crippen molar-refractivity contribution in [2.45, 2.75) is 30.4 Å². The molecule has 0 radical (unpaired) electrons. The predicted octanol–water partition coefficient (Wildman–Crippen LogP) is 5.52. The van der Waals surface area contributed by atoms with Crippen molar-refractivity contribution in [3.05, 3.63) is 53.9 Å². The van der Waals surface area contributed by atoms with E-state index in [0.29, 0.717) is 0 Å². The highest BCUT2D eigenvalue weighted by Gasteiger charge is 2.50. The lowest BCUT2D eigenvalue weighted by molar-refractivity contribution is 0.708. The fourth-order valence-corrected chi connectivity index (χ4v) is 7.79. The maximum Gasteiger partial charge on any atom is 0.145 e. The minimum Gasteiger partial charge on any atom is -0.294 e. The first kappa shape index (κ1) is 15.3. The van der Waals surface area contributed by atoms with Crippen LogP contribution in [0.15, 0.2) is 47.5 Å². The summed E-state index contributed by atoms with van der Waals surface area (Å²) in [6.45, 7) is 7.07. The number of thiol groups is 1. The van der Waals surface area contributed by atoms with Crippen LogP contribution in [0.2, 0.25) is 0 Å². The summed E-state index contributed by atoms with van der Waals surface area (Å²) in [7, 11) is -2.17. The lowest BCUT2D eigenvalue weighted by Crippen LogP contribution is -2.39. The molecule has 0 unspecified atom stereocenters. The van der Waals surface area contributed by atoms with Crippen molar-refractivity contribution in [1.29, 1.82) is 0 Å². The Labute approximate surface area is 149 Å². The van der Waals surface area contributed by atoms with Gasteiger partial charge in [-0.05, 0) is 56.6 Å². The zero-order chi connectivity index (χ0) is 17.8. The summed E-state index contributed by atoms with van der Waals surface area (Å²) in [5, 5.41) is 3.98. The van der Waals surface area contributed by atoms with Crippen LogP contribution in [0.5, 0.6) is 0 Å². The summed E-state index contributed by atoms with van der Waals surface area (Å²) < 4.78 is 2.55. The number of benzene rings is 2.